The lowest BCUT2D eigenvalue weighted by Gasteiger charge is -2.18. The Kier molecular flexibility index (Phi) is 5.09. The Bertz CT molecular complexity index is 468. The zero-order chi connectivity index (χ0) is 14.4. The van der Waals surface area contributed by atoms with Crippen LogP contribution in [-0.4, -0.2) is 26.2 Å². The molecule has 0 spiro atoms. The van der Waals surface area contributed by atoms with Gasteiger partial charge in [-0.3, -0.25) is 4.99 Å². The van der Waals surface area contributed by atoms with Crippen molar-refractivity contribution in [3.05, 3.63) is 23.8 Å². The van der Waals surface area contributed by atoms with Crippen molar-refractivity contribution in [3.8, 4) is 11.5 Å². The van der Waals surface area contributed by atoms with Crippen LogP contribution in [0.5, 0.6) is 11.5 Å². The zero-order valence-corrected chi connectivity index (χ0v) is 12.2. The van der Waals surface area contributed by atoms with Gasteiger partial charge in [-0.1, -0.05) is 0 Å². The minimum absolute atomic E-state index is 0.318. The molecule has 0 saturated heterocycles. The first kappa shape index (κ1) is 14.5. The van der Waals surface area contributed by atoms with E-state index in [4.69, 9.17) is 15.2 Å². The maximum atomic E-state index is 6.11. The molecule has 0 radical (unpaired) electrons. The fourth-order valence-electron chi connectivity index (χ4n) is 2.37. The first-order valence-electron chi connectivity index (χ1n) is 7.02. The number of nitrogens with zero attached hydrogens (tertiary/aromatic N) is 1. The van der Waals surface area contributed by atoms with Crippen LogP contribution in [0.2, 0.25) is 0 Å². The average molecular weight is 277 g/mol. The molecule has 3 N–H and O–H groups in total. The predicted molar refractivity (Wildman–Crippen MR) is 80.3 cm³/mol. The summed E-state index contributed by atoms with van der Waals surface area (Å²) in [5, 5.41) is 3.06. The van der Waals surface area contributed by atoms with Crippen LogP contribution in [0.15, 0.2) is 23.2 Å². The van der Waals surface area contributed by atoms with E-state index in [0.717, 1.165) is 29.9 Å². The minimum atomic E-state index is 0.318. The summed E-state index contributed by atoms with van der Waals surface area (Å²) in [6.45, 7) is 0.592. The molecule has 110 valence electrons. The van der Waals surface area contributed by atoms with Gasteiger partial charge in [0.1, 0.15) is 11.5 Å². The third-order valence-electron chi connectivity index (χ3n) is 3.57. The first-order valence-corrected chi connectivity index (χ1v) is 7.02. The summed E-state index contributed by atoms with van der Waals surface area (Å²) in [7, 11) is 3.32. The quantitative estimate of drug-likeness (QED) is 0.638. The molecule has 0 bridgehead atoms. The second kappa shape index (κ2) is 7.03. The molecule has 0 aromatic heterocycles. The number of hydrogen-bond donors (Lipinski definition) is 2. The lowest BCUT2D eigenvalue weighted by molar-refractivity contribution is 0.207. The van der Waals surface area contributed by atoms with Gasteiger partial charge < -0.3 is 20.5 Å². The van der Waals surface area contributed by atoms with E-state index in [2.05, 4.69) is 10.3 Å². The molecule has 0 unspecified atom stereocenters. The largest absolute Gasteiger partial charge is 0.497 e. The molecule has 2 rings (SSSR count). The Balaban J connectivity index is 2.11. The molecule has 0 heterocycles. The summed E-state index contributed by atoms with van der Waals surface area (Å²) in [5.74, 6) is 2.10. The Hall–Kier alpha value is -1.91. The molecular weight excluding hydrogens is 254 g/mol. The lowest BCUT2D eigenvalue weighted by atomic mass is 10.2. The maximum Gasteiger partial charge on any atom is 0.188 e. The molecular formula is C15H23N3O2. The maximum absolute atomic E-state index is 6.11. The van der Waals surface area contributed by atoms with Crippen LogP contribution in [-0.2, 0) is 6.54 Å². The third-order valence-corrected chi connectivity index (χ3v) is 3.57. The molecule has 0 amide bonds. The SMILES string of the molecule is CN=C(N)NCc1ccc(OC)cc1OC1CCCC1. The van der Waals surface area contributed by atoms with Gasteiger partial charge in [-0.15, -0.1) is 0 Å². The van der Waals surface area contributed by atoms with Gasteiger partial charge in [0.25, 0.3) is 0 Å². The van der Waals surface area contributed by atoms with Crippen LogP contribution in [0.25, 0.3) is 0 Å². The van der Waals surface area contributed by atoms with E-state index in [9.17, 15) is 0 Å². The number of guanidine groups is 1. The number of nitrogens with two attached hydrogens (primary N) is 1. The molecule has 1 aliphatic rings. The Morgan fingerprint density at radius 3 is 2.80 bits per heavy atom. The van der Waals surface area contributed by atoms with Gasteiger partial charge in [-0.05, 0) is 37.8 Å². The Morgan fingerprint density at radius 1 is 1.40 bits per heavy atom. The number of hydrogen-bond acceptors (Lipinski definition) is 3. The lowest BCUT2D eigenvalue weighted by Crippen LogP contribution is -2.31. The smallest absolute Gasteiger partial charge is 0.188 e. The summed E-state index contributed by atoms with van der Waals surface area (Å²) in [6, 6.07) is 5.87. The highest BCUT2D eigenvalue weighted by molar-refractivity contribution is 5.77. The van der Waals surface area contributed by atoms with E-state index in [1.807, 2.05) is 18.2 Å². The standard InChI is InChI=1S/C15H23N3O2/c1-17-15(16)18-10-11-7-8-13(19-2)9-14(11)20-12-5-3-4-6-12/h7-9,12H,3-6,10H2,1-2H3,(H3,16,17,18). The van der Waals surface area contributed by atoms with Gasteiger partial charge in [-0.2, -0.15) is 0 Å². The summed E-state index contributed by atoms with van der Waals surface area (Å²) in [6.07, 6.45) is 5.07. The van der Waals surface area contributed by atoms with Crippen LogP contribution in [0.3, 0.4) is 0 Å². The number of rotatable bonds is 5. The monoisotopic (exact) mass is 277 g/mol. The van der Waals surface area contributed by atoms with E-state index in [-0.39, 0.29) is 0 Å². The average Bonchev–Trinajstić information content (AvgIpc) is 2.98. The fraction of sp³-hybridized carbons (Fsp3) is 0.533. The molecule has 1 aromatic carbocycles. The molecule has 1 aromatic rings. The van der Waals surface area contributed by atoms with Crippen molar-refractivity contribution < 1.29 is 9.47 Å². The highest BCUT2D eigenvalue weighted by atomic mass is 16.5. The second-order valence-corrected chi connectivity index (χ2v) is 4.96. The topological polar surface area (TPSA) is 68.9 Å². The molecule has 20 heavy (non-hydrogen) atoms. The Labute approximate surface area is 120 Å². The first-order chi connectivity index (χ1) is 9.72. The van der Waals surface area contributed by atoms with E-state index in [1.54, 1.807) is 14.2 Å². The normalized spacial score (nSPS) is 16.2. The zero-order valence-electron chi connectivity index (χ0n) is 12.2. The highest BCUT2D eigenvalue weighted by Gasteiger charge is 2.18. The van der Waals surface area contributed by atoms with Crippen molar-refractivity contribution in [2.75, 3.05) is 14.2 Å². The predicted octanol–water partition coefficient (Wildman–Crippen LogP) is 2.05. The molecule has 1 aliphatic carbocycles. The molecule has 5 nitrogen and oxygen atoms in total. The van der Waals surface area contributed by atoms with Gasteiger partial charge in [-0.25, -0.2) is 0 Å². The van der Waals surface area contributed by atoms with E-state index in [1.165, 1.54) is 12.8 Å². The molecule has 0 atom stereocenters. The van der Waals surface area contributed by atoms with Gasteiger partial charge >= 0.3 is 0 Å². The molecule has 1 fully saturated rings. The van der Waals surface area contributed by atoms with Crippen molar-refractivity contribution in [1.29, 1.82) is 0 Å². The summed E-state index contributed by atoms with van der Waals surface area (Å²) in [4.78, 5) is 3.89. The molecule has 0 aliphatic heterocycles. The second-order valence-electron chi connectivity index (χ2n) is 4.96. The van der Waals surface area contributed by atoms with Crippen molar-refractivity contribution in [1.82, 2.24) is 5.32 Å². The molecule has 5 heteroatoms. The van der Waals surface area contributed by atoms with E-state index >= 15 is 0 Å². The van der Waals surface area contributed by atoms with Gasteiger partial charge in [0.05, 0.1) is 13.2 Å². The van der Waals surface area contributed by atoms with Crippen LogP contribution >= 0.6 is 0 Å². The van der Waals surface area contributed by atoms with E-state index < -0.39 is 0 Å². The fourth-order valence-corrected chi connectivity index (χ4v) is 2.37. The number of benzene rings is 1. The number of methoxy groups -OCH3 is 1. The van der Waals surface area contributed by atoms with Gasteiger partial charge in [0.15, 0.2) is 5.96 Å². The molecule has 1 saturated carbocycles. The van der Waals surface area contributed by atoms with Crippen LogP contribution in [0.4, 0.5) is 0 Å². The number of ether oxygens (including phenoxy) is 2. The third kappa shape index (κ3) is 3.79. The van der Waals surface area contributed by atoms with Crippen molar-refractivity contribution >= 4 is 5.96 Å². The van der Waals surface area contributed by atoms with Crippen LogP contribution in [0.1, 0.15) is 31.2 Å². The summed E-state index contributed by atoms with van der Waals surface area (Å²) < 4.78 is 11.4. The number of nitrogens with one attached hydrogen (secondary N) is 1. The summed E-state index contributed by atoms with van der Waals surface area (Å²) in [5.41, 5.74) is 6.72. The van der Waals surface area contributed by atoms with Gasteiger partial charge in [0.2, 0.25) is 0 Å². The van der Waals surface area contributed by atoms with Crippen LogP contribution in [0, 0.1) is 0 Å². The van der Waals surface area contributed by atoms with Crippen molar-refractivity contribution in [2.24, 2.45) is 10.7 Å². The summed E-state index contributed by atoms with van der Waals surface area (Å²) >= 11 is 0. The van der Waals surface area contributed by atoms with Crippen molar-refractivity contribution in [3.63, 3.8) is 0 Å². The van der Waals surface area contributed by atoms with Crippen molar-refractivity contribution in [2.45, 2.75) is 38.3 Å². The highest BCUT2D eigenvalue weighted by Crippen LogP contribution is 2.29. The number of aliphatic imine (C=N–C) groups is 1. The van der Waals surface area contributed by atoms with Gasteiger partial charge in [0, 0.05) is 25.2 Å². The van der Waals surface area contributed by atoms with E-state index in [0.29, 0.717) is 18.6 Å². The Morgan fingerprint density at radius 2 is 2.15 bits per heavy atom. The van der Waals surface area contributed by atoms with Crippen LogP contribution < -0.4 is 20.5 Å². The minimum Gasteiger partial charge on any atom is -0.497 e.